The number of aromatic amines is 1. The molecule has 1 N–H and O–H groups in total. The van der Waals surface area contributed by atoms with Crippen molar-refractivity contribution in [2.24, 2.45) is 0 Å². The molecule has 0 bridgehead atoms. The third-order valence-electron chi connectivity index (χ3n) is 2.79. The molecule has 0 amide bonds. The van der Waals surface area contributed by atoms with E-state index in [4.69, 9.17) is 0 Å². The molecule has 0 unspecified atom stereocenters. The Bertz CT molecular complexity index is 649. The fraction of sp³-hybridized carbons (Fsp3) is 0.0769. The summed E-state index contributed by atoms with van der Waals surface area (Å²) in [6.07, 6.45) is 5.44. The van der Waals surface area contributed by atoms with Crippen LogP contribution in [0.3, 0.4) is 0 Å². The highest BCUT2D eigenvalue weighted by atomic mass is 15.4. The SMILES string of the molecule is C=C(Cn1ccnn1)c1ccc2[nH]ccc2c1. The molecule has 0 aliphatic rings. The standard InChI is InChI=1S/C13H12N4/c1-10(9-17-7-6-15-16-17)11-2-3-13-12(8-11)4-5-14-13/h2-8,14H,1,9H2. The predicted octanol–water partition coefficient (Wildman–Crippen LogP) is 2.47. The number of benzene rings is 1. The first-order chi connectivity index (χ1) is 8.33. The van der Waals surface area contributed by atoms with Gasteiger partial charge in [0.05, 0.1) is 12.7 Å². The summed E-state index contributed by atoms with van der Waals surface area (Å²) in [6, 6.07) is 8.32. The zero-order valence-electron chi connectivity index (χ0n) is 9.30. The third kappa shape index (κ3) is 1.85. The van der Waals surface area contributed by atoms with E-state index in [1.165, 1.54) is 5.39 Å². The van der Waals surface area contributed by atoms with Gasteiger partial charge in [-0.15, -0.1) is 5.10 Å². The second kappa shape index (κ2) is 3.90. The van der Waals surface area contributed by atoms with Gasteiger partial charge in [0.25, 0.3) is 0 Å². The number of fused-ring (bicyclic) bond motifs is 1. The van der Waals surface area contributed by atoms with Crippen molar-refractivity contribution in [3.05, 3.63) is 55.0 Å². The minimum absolute atomic E-state index is 0.663. The average Bonchev–Trinajstić information content (AvgIpc) is 2.97. The normalized spacial score (nSPS) is 10.8. The number of allylic oxidation sites excluding steroid dienone is 1. The Hall–Kier alpha value is -2.36. The largest absolute Gasteiger partial charge is 0.361 e. The predicted molar refractivity (Wildman–Crippen MR) is 67.4 cm³/mol. The van der Waals surface area contributed by atoms with E-state index in [-0.39, 0.29) is 0 Å². The van der Waals surface area contributed by atoms with Gasteiger partial charge < -0.3 is 4.98 Å². The van der Waals surface area contributed by atoms with Gasteiger partial charge in [-0.1, -0.05) is 17.9 Å². The molecule has 0 spiro atoms. The number of nitrogens with zero attached hydrogens (tertiary/aromatic N) is 3. The fourth-order valence-corrected chi connectivity index (χ4v) is 1.88. The van der Waals surface area contributed by atoms with Crippen LogP contribution in [0.15, 0.2) is 49.4 Å². The summed E-state index contributed by atoms with van der Waals surface area (Å²) in [5.74, 6) is 0. The van der Waals surface area contributed by atoms with Crippen LogP contribution < -0.4 is 0 Å². The van der Waals surface area contributed by atoms with Gasteiger partial charge in [0.15, 0.2) is 0 Å². The van der Waals surface area contributed by atoms with Crippen molar-refractivity contribution in [1.82, 2.24) is 20.0 Å². The van der Waals surface area contributed by atoms with E-state index in [1.54, 1.807) is 10.9 Å². The Labute approximate surface area is 98.6 Å². The summed E-state index contributed by atoms with van der Waals surface area (Å²) in [5, 5.41) is 8.91. The van der Waals surface area contributed by atoms with Crippen molar-refractivity contribution in [2.45, 2.75) is 6.54 Å². The van der Waals surface area contributed by atoms with Crippen LogP contribution in [0.2, 0.25) is 0 Å². The molecule has 0 aliphatic heterocycles. The summed E-state index contributed by atoms with van der Waals surface area (Å²) in [6.45, 7) is 4.75. The lowest BCUT2D eigenvalue weighted by molar-refractivity contribution is 0.671. The fourth-order valence-electron chi connectivity index (χ4n) is 1.88. The summed E-state index contributed by atoms with van der Waals surface area (Å²) in [7, 11) is 0. The van der Waals surface area contributed by atoms with Crippen molar-refractivity contribution in [1.29, 1.82) is 0 Å². The smallest absolute Gasteiger partial charge is 0.0693 e. The van der Waals surface area contributed by atoms with Gasteiger partial charge in [-0.05, 0) is 34.7 Å². The molecule has 4 heteroatoms. The number of nitrogens with one attached hydrogen (secondary N) is 1. The van der Waals surface area contributed by atoms with Crippen LogP contribution >= 0.6 is 0 Å². The van der Waals surface area contributed by atoms with Gasteiger partial charge in [-0.2, -0.15) is 0 Å². The molecule has 0 saturated carbocycles. The number of rotatable bonds is 3. The first-order valence-corrected chi connectivity index (χ1v) is 5.42. The summed E-state index contributed by atoms with van der Waals surface area (Å²) in [4.78, 5) is 3.17. The molecule has 1 aromatic carbocycles. The highest BCUT2D eigenvalue weighted by Crippen LogP contribution is 2.20. The minimum atomic E-state index is 0.663. The molecule has 0 saturated heterocycles. The lowest BCUT2D eigenvalue weighted by atomic mass is 10.1. The Kier molecular flexibility index (Phi) is 2.26. The van der Waals surface area contributed by atoms with Crippen molar-refractivity contribution < 1.29 is 0 Å². The summed E-state index contributed by atoms with van der Waals surface area (Å²) >= 11 is 0. The molecule has 3 rings (SSSR count). The molecule has 0 fully saturated rings. The van der Waals surface area contributed by atoms with E-state index < -0.39 is 0 Å². The van der Waals surface area contributed by atoms with E-state index >= 15 is 0 Å². The van der Waals surface area contributed by atoms with Crippen LogP contribution in [0.4, 0.5) is 0 Å². The molecule has 0 aliphatic carbocycles. The van der Waals surface area contributed by atoms with Crippen LogP contribution in [-0.4, -0.2) is 20.0 Å². The molecule has 3 aromatic rings. The van der Waals surface area contributed by atoms with Crippen LogP contribution in [0.25, 0.3) is 16.5 Å². The van der Waals surface area contributed by atoms with Gasteiger partial charge >= 0.3 is 0 Å². The van der Waals surface area contributed by atoms with Crippen LogP contribution in [0.1, 0.15) is 5.56 Å². The van der Waals surface area contributed by atoms with E-state index in [0.29, 0.717) is 6.54 Å². The maximum absolute atomic E-state index is 4.09. The number of aromatic nitrogens is 4. The molecule has 17 heavy (non-hydrogen) atoms. The summed E-state index contributed by atoms with van der Waals surface area (Å²) in [5.41, 5.74) is 3.30. The van der Waals surface area contributed by atoms with E-state index in [1.807, 2.05) is 12.4 Å². The highest BCUT2D eigenvalue weighted by Gasteiger charge is 2.02. The molecule has 4 nitrogen and oxygen atoms in total. The Balaban J connectivity index is 1.90. The molecular weight excluding hydrogens is 212 g/mol. The zero-order valence-corrected chi connectivity index (χ0v) is 9.30. The first kappa shape index (κ1) is 9.84. The maximum Gasteiger partial charge on any atom is 0.0693 e. The second-order valence-electron chi connectivity index (χ2n) is 3.98. The second-order valence-corrected chi connectivity index (χ2v) is 3.98. The van der Waals surface area contributed by atoms with Crippen molar-refractivity contribution >= 4 is 16.5 Å². The number of hydrogen-bond acceptors (Lipinski definition) is 2. The van der Waals surface area contributed by atoms with Crippen molar-refractivity contribution in [3.8, 4) is 0 Å². The molecule has 84 valence electrons. The van der Waals surface area contributed by atoms with Crippen molar-refractivity contribution in [3.63, 3.8) is 0 Å². The van der Waals surface area contributed by atoms with E-state index in [0.717, 1.165) is 16.7 Å². The average molecular weight is 224 g/mol. The maximum atomic E-state index is 4.09. The summed E-state index contributed by atoms with van der Waals surface area (Å²) < 4.78 is 1.77. The Morgan fingerprint density at radius 3 is 3.12 bits per heavy atom. The van der Waals surface area contributed by atoms with Gasteiger partial charge in [-0.25, -0.2) is 4.68 Å². The van der Waals surface area contributed by atoms with Gasteiger partial charge in [0.1, 0.15) is 0 Å². The molecule has 2 aromatic heterocycles. The number of hydrogen-bond donors (Lipinski definition) is 1. The molecule has 0 radical (unpaired) electrons. The van der Waals surface area contributed by atoms with Crippen LogP contribution in [0.5, 0.6) is 0 Å². The van der Waals surface area contributed by atoms with Crippen LogP contribution in [-0.2, 0) is 6.54 Å². The molecule has 2 heterocycles. The third-order valence-corrected chi connectivity index (χ3v) is 2.79. The quantitative estimate of drug-likeness (QED) is 0.742. The van der Waals surface area contributed by atoms with Gasteiger partial charge in [-0.3, -0.25) is 0 Å². The zero-order chi connectivity index (χ0) is 11.7. The number of H-pyrrole nitrogens is 1. The monoisotopic (exact) mass is 224 g/mol. The Morgan fingerprint density at radius 1 is 1.35 bits per heavy atom. The molecular formula is C13H12N4. The first-order valence-electron chi connectivity index (χ1n) is 5.42. The van der Waals surface area contributed by atoms with Crippen LogP contribution in [0, 0.1) is 0 Å². The van der Waals surface area contributed by atoms with E-state index in [9.17, 15) is 0 Å². The minimum Gasteiger partial charge on any atom is -0.361 e. The topological polar surface area (TPSA) is 46.5 Å². The Morgan fingerprint density at radius 2 is 2.29 bits per heavy atom. The highest BCUT2D eigenvalue weighted by molar-refractivity contribution is 5.83. The van der Waals surface area contributed by atoms with E-state index in [2.05, 4.69) is 46.1 Å². The lowest BCUT2D eigenvalue weighted by Crippen LogP contribution is -2.00. The van der Waals surface area contributed by atoms with Crippen molar-refractivity contribution in [2.75, 3.05) is 0 Å². The molecule has 0 atom stereocenters. The van der Waals surface area contributed by atoms with Gasteiger partial charge in [0.2, 0.25) is 0 Å². The van der Waals surface area contributed by atoms with Gasteiger partial charge in [0, 0.05) is 17.9 Å². The lowest BCUT2D eigenvalue weighted by Gasteiger charge is -2.05.